The molecule has 112 valence electrons. The molecule has 1 saturated heterocycles. The molecule has 1 fully saturated rings. The van der Waals surface area contributed by atoms with Crippen LogP contribution in [0.15, 0.2) is 22.7 Å². The first kappa shape index (κ1) is 15.9. The minimum atomic E-state index is -0.212. The van der Waals surface area contributed by atoms with E-state index >= 15 is 0 Å². The Bertz CT molecular complexity index is 436. The lowest BCUT2D eigenvalue weighted by Crippen LogP contribution is -2.40. The van der Waals surface area contributed by atoms with Crippen LogP contribution in [-0.4, -0.2) is 38.3 Å². The van der Waals surface area contributed by atoms with Crippen LogP contribution in [0.4, 0.5) is 4.39 Å². The van der Waals surface area contributed by atoms with Crippen LogP contribution >= 0.6 is 15.9 Å². The molecular weight excluding hydrogens is 323 g/mol. The molecule has 0 bridgehead atoms. The molecule has 5 heteroatoms. The normalized spacial score (nSPS) is 19.2. The van der Waals surface area contributed by atoms with Gasteiger partial charge in [0.2, 0.25) is 0 Å². The van der Waals surface area contributed by atoms with Gasteiger partial charge in [-0.05, 0) is 55.6 Å². The summed E-state index contributed by atoms with van der Waals surface area (Å²) in [6.45, 7) is 3.29. The minimum Gasteiger partial charge on any atom is -0.384 e. The Balaban J connectivity index is 2.07. The van der Waals surface area contributed by atoms with Gasteiger partial charge in [0.05, 0.1) is 0 Å². The van der Waals surface area contributed by atoms with Crippen molar-refractivity contribution in [2.45, 2.75) is 18.9 Å². The van der Waals surface area contributed by atoms with Gasteiger partial charge in [-0.25, -0.2) is 4.39 Å². The van der Waals surface area contributed by atoms with E-state index < -0.39 is 0 Å². The number of likely N-dealkylation sites (tertiary alicyclic amines) is 1. The standard InChI is InChI=1S/C15H22BrFN2O/c1-20-10-11-4-6-19(7-5-11)15(9-18)13-8-12(17)2-3-14(13)16/h2-3,8,11,15H,4-7,9-10,18H2,1H3. The monoisotopic (exact) mass is 344 g/mol. The van der Waals surface area contributed by atoms with E-state index in [1.54, 1.807) is 19.2 Å². The quantitative estimate of drug-likeness (QED) is 0.892. The molecular formula is C15H22BrFN2O. The molecule has 2 N–H and O–H groups in total. The van der Waals surface area contributed by atoms with Gasteiger partial charge in [0.15, 0.2) is 0 Å². The summed E-state index contributed by atoms with van der Waals surface area (Å²) in [6, 6.07) is 4.88. The fraction of sp³-hybridized carbons (Fsp3) is 0.600. The third kappa shape index (κ3) is 3.79. The van der Waals surface area contributed by atoms with Gasteiger partial charge in [-0.3, -0.25) is 4.90 Å². The van der Waals surface area contributed by atoms with Crippen LogP contribution in [0.3, 0.4) is 0 Å². The SMILES string of the molecule is COCC1CCN(C(CN)c2cc(F)ccc2Br)CC1. The number of hydrogen-bond donors (Lipinski definition) is 1. The van der Waals surface area contributed by atoms with E-state index in [9.17, 15) is 4.39 Å². The van der Waals surface area contributed by atoms with Crippen molar-refractivity contribution in [2.75, 3.05) is 33.4 Å². The summed E-state index contributed by atoms with van der Waals surface area (Å²) in [5.74, 6) is 0.418. The van der Waals surface area contributed by atoms with Crippen LogP contribution < -0.4 is 5.73 Å². The summed E-state index contributed by atoms with van der Waals surface area (Å²) in [5, 5.41) is 0. The van der Waals surface area contributed by atoms with Crippen molar-refractivity contribution in [3.63, 3.8) is 0 Å². The maximum Gasteiger partial charge on any atom is 0.123 e. The summed E-state index contributed by atoms with van der Waals surface area (Å²) >= 11 is 3.51. The Morgan fingerprint density at radius 2 is 2.15 bits per heavy atom. The molecule has 1 aromatic rings. The number of nitrogens with zero attached hydrogens (tertiary/aromatic N) is 1. The highest BCUT2D eigenvalue weighted by Crippen LogP contribution is 2.31. The molecule has 0 spiro atoms. The number of piperidine rings is 1. The second-order valence-corrected chi connectivity index (χ2v) is 6.21. The molecule has 1 atom stereocenters. The van der Waals surface area contributed by atoms with Crippen molar-refractivity contribution < 1.29 is 9.13 Å². The van der Waals surface area contributed by atoms with E-state index in [0.29, 0.717) is 12.5 Å². The summed E-state index contributed by atoms with van der Waals surface area (Å²) in [5.41, 5.74) is 6.88. The number of hydrogen-bond acceptors (Lipinski definition) is 3. The Hall–Kier alpha value is -0.490. The first-order chi connectivity index (χ1) is 9.65. The summed E-state index contributed by atoms with van der Waals surface area (Å²) < 4.78 is 19.6. The van der Waals surface area contributed by atoms with Gasteiger partial charge < -0.3 is 10.5 Å². The molecule has 2 rings (SSSR count). The molecule has 20 heavy (non-hydrogen) atoms. The predicted octanol–water partition coefficient (Wildman–Crippen LogP) is 2.95. The van der Waals surface area contributed by atoms with Crippen molar-refractivity contribution in [1.82, 2.24) is 4.90 Å². The lowest BCUT2D eigenvalue weighted by molar-refractivity contribution is 0.0808. The van der Waals surface area contributed by atoms with Crippen molar-refractivity contribution in [3.8, 4) is 0 Å². The first-order valence-electron chi connectivity index (χ1n) is 7.03. The topological polar surface area (TPSA) is 38.5 Å². The fourth-order valence-electron chi connectivity index (χ4n) is 2.91. The molecule has 3 nitrogen and oxygen atoms in total. The van der Waals surface area contributed by atoms with Gasteiger partial charge in [-0.1, -0.05) is 15.9 Å². The van der Waals surface area contributed by atoms with E-state index in [0.717, 1.165) is 42.6 Å². The van der Waals surface area contributed by atoms with Gasteiger partial charge in [0, 0.05) is 30.8 Å². The first-order valence-corrected chi connectivity index (χ1v) is 7.83. The number of rotatable bonds is 5. The van der Waals surface area contributed by atoms with Gasteiger partial charge >= 0.3 is 0 Å². The highest BCUT2D eigenvalue weighted by Gasteiger charge is 2.26. The molecule has 0 saturated carbocycles. The van der Waals surface area contributed by atoms with Crippen molar-refractivity contribution >= 4 is 15.9 Å². The third-order valence-electron chi connectivity index (χ3n) is 4.03. The Labute approximate surface area is 128 Å². The zero-order valence-corrected chi connectivity index (χ0v) is 13.4. The molecule has 1 aromatic carbocycles. The zero-order chi connectivity index (χ0) is 14.5. The number of halogens is 2. The summed E-state index contributed by atoms with van der Waals surface area (Å²) in [7, 11) is 1.75. The largest absolute Gasteiger partial charge is 0.384 e. The zero-order valence-electron chi connectivity index (χ0n) is 11.8. The Morgan fingerprint density at radius 1 is 1.45 bits per heavy atom. The number of methoxy groups -OCH3 is 1. The van der Waals surface area contributed by atoms with Gasteiger partial charge in [-0.15, -0.1) is 0 Å². The molecule has 0 aliphatic carbocycles. The Kier molecular flexibility index (Phi) is 5.96. The van der Waals surface area contributed by atoms with Crippen molar-refractivity contribution in [3.05, 3.63) is 34.1 Å². The maximum atomic E-state index is 13.5. The maximum absolute atomic E-state index is 13.5. The summed E-state index contributed by atoms with van der Waals surface area (Å²) in [6.07, 6.45) is 2.22. The Morgan fingerprint density at radius 3 is 2.75 bits per heavy atom. The molecule has 0 amide bonds. The lowest BCUT2D eigenvalue weighted by atomic mass is 9.95. The van der Waals surface area contributed by atoms with Crippen molar-refractivity contribution in [2.24, 2.45) is 11.7 Å². The molecule has 1 heterocycles. The van der Waals surface area contributed by atoms with E-state index in [4.69, 9.17) is 10.5 Å². The second-order valence-electron chi connectivity index (χ2n) is 5.35. The highest BCUT2D eigenvalue weighted by atomic mass is 79.9. The molecule has 0 aromatic heterocycles. The van der Waals surface area contributed by atoms with Crippen LogP contribution in [0.1, 0.15) is 24.4 Å². The summed E-state index contributed by atoms with van der Waals surface area (Å²) in [4.78, 5) is 2.35. The smallest absolute Gasteiger partial charge is 0.123 e. The highest BCUT2D eigenvalue weighted by molar-refractivity contribution is 9.10. The number of benzene rings is 1. The average molecular weight is 345 g/mol. The van der Waals surface area contributed by atoms with Crippen LogP contribution in [0.5, 0.6) is 0 Å². The van der Waals surface area contributed by atoms with E-state index in [1.807, 2.05) is 0 Å². The molecule has 0 radical (unpaired) electrons. The van der Waals surface area contributed by atoms with E-state index in [-0.39, 0.29) is 11.9 Å². The molecule has 1 aliphatic rings. The van der Waals surface area contributed by atoms with Gasteiger partial charge in [0.25, 0.3) is 0 Å². The fourth-order valence-corrected chi connectivity index (χ4v) is 3.42. The lowest BCUT2D eigenvalue weighted by Gasteiger charge is -2.37. The van der Waals surface area contributed by atoms with Crippen LogP contribution in [-0.2, 0) is 4.74 Å². The van der Waals surface area contributed by atoms with Crippen LogP contribution in [0.2, 0.25) is 0 Å². The molecule has 1 aliphatic heterocycles. The van der Waals surface area contributed by atoms with E-state index in [1.165, 1.54) is 6.07 Å². The minimum absolute atomic E-state index is 0.0727. The number of nitrogens with two attached hydrogens (primary N) is 1. The van der Waals surface area contributed by atoms with Crippen LogP contribution in [0.25, 0.3) is 0 Å². The van der Waals surface area contributed by atoms with Crippen LogP contribution in [0, 0.1) is 11.7 Å². The predicted molar refractivity (Wildman–Crippen MR) is 82.1 cm³/mol. The average Bonchev–Trinajstić information content (AvgIpc) is 2.45. The van der Waals surface area contributed by atoms with E-state index in [2.05, 4.69) is 20.8 Å². The van der Waals surface area contributed by atoms with Crippen molar-refractivity contribution in [1.29, 1.82) is 0 Å². The third-order valence-corrected chi connectivity index (χ3v) is 4.75. The number of ether oxygens (including phenoxy) is 1. The van der Waals surface area contributed by atoms with Gasteiger partial charge in [-0.2, -0.15) is 0 Å². The molecule has 1 unspecified atom stereocenters. The van der Waals surface area contributed by atoms with Gasteiger partial charge in [0.1, 0.15) is 5.82 Å². The second kappa shape index (κ2) is 7.50.